The Morgan fingerprint density at radius 1 is 1.29 bits per heavy atom. The van der Waals surface area contributed by atoms with Crippen LogP contribution in [0.2, 0.25) is 0 Å². The number of hydrogen-bond acceptors (Lipinski definition) is 3. The van der Waals surface area contributed by atoms with Crippen molar-refractivity contribution in [3.05, 3.63) is 25.3 Å². The molecule has 14 heavy (non-hydrogen) atoms. The zero-order valence-electron chi connectivity index (χ0n) is 9.12. The molecule has 0 aliphatic heterocycles. The standard InChI is InChI=1S/C11H20O3/c1-5-8-11(6-2,12-4)9-10-14-13-7-3/h5-6H,1-2,7-10H2,3-4H3. The summed E-state index contributed by atoms with van der Waals surface area (Å²) in [7, 11) is 1.66. The van der Waals surface area contributed by atoms with Gasteiger partial charge in [-0.05, 0) is 13.3 Å². The first-order valence-electron chi connectivity index (χ1n) is 4.78. The Bertz CT molecular complexity index is 168. The van der Waals surface area contributed by atoms with E-state index in [0.29, 0.717) is 19.6 Å². The summed E-state index contributed by atoms with van der Waals surface area (Å²) in [6.45, 7) is 10.4. The average Bonchev–Trinajstić information content (AvgIpc) is 2.23. The number of ether oxygens (including phenoxy) is 1. The lowest BCUT2D eigenvalue weighted by atomic mass is 9.96. The topological polar surface area (TPSA) is 27.7 Å². The van der Waals surface area contributed by atoms with Crippen LogP contribution in [0.25, 0.3) is 0 Å². The minimum absolute atomic E-state index is 0.376. The lowest BCUT2D eigenvalue weighted by Crippen LogP contribution is -2.29. The molecule has 0 saturated carbocycles. The summed E-state index contributed by atoms with van der Waals surface area (Å²) >= 11 is 0. The highest BCUT2D eigenvalue weighted by molar-refractivity contribution is 5.01. The molecule has 0 saturated heterocycles. The van der Waals surface area contributed by atoms with E-state index in [2.05, 4.69) is 13.2 Å². The third-order valence-corrected chi connectivity index (χ3v) is 2.08. The van der Waals surface area contributed by atoms with Crippen LogP contribution in [0.3, 0.4) is 0 Å². The molecule has 0 N–H and O–H groups in total. The lowest BCUT2D eigenvalue weighted by Gasteiger charge is -2.27. The smallest absolute Gasteiger partial charge is 0.0913 e. The SMILES string of the molecule is C=CCC(C=C)(CCOOCC)OC. The maximum Gasteiger partial charge on any atom is 0.0913 e. The molecular weight excluding hydrogens is 180 g/mol. The first kappa shape index (κ1) is 13.4. The summed E-state index contributed by atoms with van der Waals surface area (Å²) in [5.41, 5.74) is -0.376. The largest absolute Gasteiger partial charge is 0.374 e. The van der Waals surface area contributed by atoms with Gasteiger partial charge >= 0.3 is 0 Å². The van der Waals surface area contributed by atoms with E-state index in [1.54, 1.807) is 13.2 Å². The summed E-state index contributed by atoms with van der Waals surface area (Å²) in [6, 6.07) is 0. The van der Waals surface area contributed by atoms with Crippen molar-refractivity contribution < 1.29 is 14.5 Å². The third kappa shape index (κ3) is 4.56. The van der Waals surface area contributed by atoms with Crippen molar-refractivity contribution in [1.29, 1.82) is 0 Å². The number of methoxy groups -OCH3 is 1. The van der Waals surface area contributed by atoms with Crippen LogP contribution in [0.4, 0.5) is 0 Å². The number of rotatable bonds is 9. The summed E-state index contributed by atoms with van der Waals surface area (Å²) in [5.74, 6) is 0. The molecule has 0 radical (unpaired) electrons. The molecule has 0 aromatic heterocycles. The van der Waals surface area contributed by atoms with Crippen LogP contribution in [0.15, 0.2) is 25.3 Å². The monoisotopic (exact) mass is 200 g/mol. The van der Waals surface area contributed by atoms with Crippen molar-refractivity contribution in [3.8, 4) is 0 Å². The molecule has 3 heteroatoms. The molecule has 0 aromatic carbocycles. The molecule has 0 fully saturated rings. The second kappa shape index (κ2) is 7.74. The lowest BCUT2D eigenvalue weighted by molar-refractivity contribution is -0.295. The molecule has 1 unspecified atom stereocenters. The number of hydrogen-bond donors (Lipinski definition) is 0. The van der Waals surface area contributed by atoms with E-state index in [1.165, 1.54) is 0 Å². The Hall–Kier alpha value is -0.640. The van der Waals surface area contributed by atoms with Crippen molar-refractivity contribution in [3.63, 3.8) is 0 Å². The predicted octanol–water partition coefficient (Wildman–Crippen LogP) is 2.49. The Labute approximate surface area is 86.3 Å². The summed E-state index contributed by atoms with van der Waals surface area (Å²) < 4.78 is 5.38. The first-order valence-corrected chi connectivity index (χ1v) is 4.78. The molecular formula is C11H20O3. The van der Waals surface area contributed by atoms with Crippen LogP contribution in [-0.2, 0) is 14.5 Å². The van der Waals surface area contributed by atoms with E-state index in [1.807, 2.05) is 13.0 Å². The van der Waals surface area contributed by atoms with Crippen molar-refractivity contribution in [2.75, 3.05) is 20.3 Å². The molecule has 0 spiro atoms. The fourth-order valence-electron chi connectivity index (χ4n) is 1.16. The second-order valence-electron chi connectivity index (χ2n) is 2.94. The quantitative estimate of drug-likeness (QED) is 0.248. The van der Waals surface area contributed by atoms with Crippen LogP contribution in [0.5, 0.6) is 0 Å². The van der Waals surface area contributed by atoms with Gasteiger partial charge in [0.05, 0.1) is 18.8 Å². The van der Waals surface area contributed by atoms with E-state index in [0.717, 1.165) is 6.42 Å². The van der Waals surface area contributed by atoms with E-state index in [-0.39, 0.29) is 5.60 Å². The minimum Gasteiger partial charge on any atom is -0.374 e. The third-order valence-electron chi connectivity index (χ3n) is 2.08. The maximum absolute atomic E-state index is 5.38. The predicted molar refractivity (Wildman–Crippen MR) is 56.9 cm³/mol. The summed E-state index contributed by atoms with van der Waals surface area (Å²) in [4.78, 5) is 9.71. The molecule has 82 valence electrons. The van der Waals surface area contributed by atoms with Crippen molar-refractivity contribution in [2.45, 2.75) is 25.4 Å². The van der Waals surface area contributed by atoms with Crippen molar-refractivity contribution in [2.24, 2.45) is 0 Å². The highest BCUT2D eigenvalue weighted by atomic mass is 17.2. The van der Waals surface area contributed by atoms with Gasteiger partial charge in [0.2, 0.25) is 0 Å². The zero-order valence-corrected chi connectivity index (χ0v) is 9.12. The summed E-state index contributed by atoms with van der Waals surface area (Å²) in [6.07, 6.45) is 5.03. The minimum atomic E-state index is -0.376. The van der Waals surface area contributed by atoms with Crippen LogP contribution in [0.1, 0.15) is 19.8 Å². The van der Waals surface area contributed by atoms with Gasteiger partial charge in [-0.2, -0.15) is 0 Å². The molecule has 0 aliphatic carbocycles. The zero-order chi connectivity index (χ0) is 10.9. The molecule has 0 aromatic rings. The highest BCUT2D eigenvalue weighted by Gasteiger charge is 2.24. The van der Waals surface area contributed by atoms with E-state index in [9.17, 15) is 0 Å². The molecule has 0 amide bonds. The fraction of sp³-hybridized carbons (Fsp3) is 0.636. The van der Waals surface area contributed by atoms with Crippen LogP contribution in [0, 0.1) is 0 Å². The van der Waals surface area contributed by atoms with Gasteiger partial charge in [0, 0.05) is 13.5 Å². The van der Waals surface area contributed by atoms with Crippen molar-refractivity contribution in [1.82, 2.24) is 0 Å². The molecule has 0 aliphatic rings. The molecule has 0 rings (SSSR count). The van der Waals surface area contributed by atoms with Gasteiger partial charge in [0.15, 0.2) is 0 Å². The maximum atomic E-state index is 5.38. The van der Waals surface area contributed by atoms with E-state index in [4.69, 9.17) is 14.5 Å². The van der Waals surface area contributed by atoms with Gasteiger partial charge in [-0.15, -0.1) is 13.2 Å². The fourth-order valence-corrected chi connectivity index (χ4v) is 1.16. The van der Waals surface area contributed by atoms with Crippen LogP contribution in [-0.4, -0.2) is 25.9 Å². The van der Waals surface area contributed by atoms with Gasteiger partial charge < -0.3 is 4.74 Å². The normalized spacial score (nSPS) is 14.7. The molecule has 1 atom stereocenters. The Morgan fingerprint density at radius 3 is 2.43 bits per heavy atom. The highest BCUT2D eigenvalue weighted by Crippen LogP contribution is 2.21. The van der Waals surface area contributed by atoms with Crippen LogP contribution >= 0.6 is 0 Å². The molecule has 0 bridgehead atoms. The van der Waals surface area contributed by atoms with Crippen LogP contribution < -0.4 is 0 Å². The van der Waals surface area contributed by atoms with Gasteiger partial charge in [0.25, 0.3) is 0 Å². The Balaban J connectivity index is 3.94. The van der Waals surface area contributed by atoms with E-state index >= 15 is 0 Å². The van der Waals surface area contributed by atoms with Gasteiger partial charge in [-0.25, -0.2) is 9.78 Å². The van der Waals surface area contributed by atoms with Crippen molar-refractivity contribution >= 4 is 0 Å². The molecule has 3 nitrogen and oxygen atoms in total. The van der Waals surface area contributed by atoms with Gasteiger partial charge in [-0.1, -0.05) is 12.2 Å². The Kier molecular flexibility index (Phi) is 7.38. The second-order valence-corrected chi connectivity index (χ2v) is 2.94. The van der Waals surface area contributed by atoms with Gasteiger partial charge in [0.1, 0.15) is 0 Å². The summed E-state index contributed by atoms with van der Waals surface area (Å²) in [5, 5.41) is 0. The van der Waals surface area contributed by atoms with E-state index < -0.39 is 0 Å². The Morgan fingerprint density at radius 2 is 2.00 bits per heavy atom. The van der Waals surface area contributed by atoms with Gasteiger partial charge in [-0.3, -0.25) is 0 Å². The first-order chi connectivity index (χ1) is 6.74. The molecule has 0 heterocycles. The average molecular weight is 200 g/mol.